The molecule has 38 heavy (non-hydrogen) atoms. The number of hydrogen-bond donors (Lipinski definition) is 4. The lowest BCUT2D eigenvalue weighted by Gasteiger charge is -2.37. The number of rotatable bonds is 6. The van der Waals surface area contributed by atoms with E-state index in [0.29, 0.717) is 13.0 Å². The maximum absolute atomic E-state index is 13.8. The quantitative estimate of drug-likeness (QED) is 0.355. The van der Waals surface area contributed by atoms with Crippen molar-refractivity contribution in [2.75, 3.05) is 13.1 Å². The Morgan fingerprint density at radius 3 is 2.42 bits per heavy atom. The number of carbonyl (C=O) groups is 4. The minimum absolute atomic E-state index is 0.000866. The number of nitrogens with one attached hydrogen (secondary N) is 3. The van der Waals surface area contributed by atoms with Crippen LogP contribution in [0.15, 0.2) is 12.2 Å². The summed E-state index contributed by atoms with van der Waals surface area (Å²) in [5, 5.41) is 27.4. The fourth-order valence-electron chi connectivity index (χ4n) is 6.40. The van der Waals surface area contributed by atoms with Gasteiger partial charge >= 0.3 is 12.1 Å². The number of nitrogens with zero attached hydrogens (tertiary/aromatic N) is 2. The first kappa shape index (κ1) is 27.9. The maximum Gasteiger partial charge on any atom is 0.471 e. The zero-order chi connectivity index (χ0) is 28.2. The zero-order valence-electron chi connectivity index (χ0n) is 21.3. The topological polar surface area (TPSA) is 152 Å². The number of nitriles is 1. The third-order valence-corrected chi connectivity index (χ3v) is 8.24. The average molecular weight is 540 g/mol. The second-order valence-corrected chi connectivity index (χ2v) is 11.7. The summed E-state index contributed by atoms with van der Waals surface area (Å²) in [6, 6.07) is -1.82. The number of fused-ring (bicyclic) bond motifs is 5. The smallest absolute Gasteiger partial charge is 0.392 e. The van der Waals surface area contributed by atoms with Crippen LogP contribution in [0.1, 0.15) is 33.6 Å². The number of likely N-dealkylation sites (tertiary alicyclic amines) is 1. The van der Waals surface area contributed by atoms with E-state index >= 15 is 0 Å². The van der Waals surface area contributed by atoms with E-state index in [9.17, 15) is 42.7 Å². The van der Waals surface area contributed by atoms with E-state index in [-0.39, 0.29) is 30.7 Å². The summed E-state index contributed by atoms with van der Waals surface area (Å²) < 4.78 is 39.2. The van der Waals surface area contributed by atoms with Gasteiger partial charge in [-0.1, -0.05) is 32.9 Å². The monoisotopic (exact) mass is 539 g/mol. The first-order chi connectivity index (χ1) is 17.6. The summed E-state index contributed by atoms with van der Waals surface area (Å²) in [6.07, 6.45) is -1.77. The SMILES string of the molecule is CC(C)(C)[C@H](NC(=O)C(F)(F)F)C(=O)N1C[C@H]2[C@@H]([C@H]1C(=O)N[C@H](C#N)C[C@@H]1CCNC1=O)[C@H]1C=C[C@@H]2C1O. The number of alkyl halides is 3. The summed E-state index contributed by atoms with van der Waals surface area (Å²) in [5.74, 6) is -6.07. The highest BCUT2D eigenvalue weighted by atomic mass is 19.4. The minimum atomic E-state index is -5.21. The van der Waals surface area contributed by atoms with Crippen molar-refractivity contribution in [3.63, 3.8) is 0 Å². The molecule has 10 nitrogen and oxygen atoms in total. The van der Waals surface area contributed by atoms with Crippen LogP contribution in [0.2, 0.25) is 0 Å². The van der Waals surface area contributed by atoms with Crippen molar-refractivity contribution in [2.24, 2.45) is 35.0 Å². The van der Waals surface area contributed by atoms with Crippen LogP contribution in [0.5, 0.6) is 0 Å². The molecule has 4 rings (SSSR count). The highest BCUT2D eigenvalue weighted by Crippen LogP contribution is 2.54. The number of halogens is 3. The van der Waals surface area contributed by atoms with Crippen molar-refractivity contribution >= 4 is 23.6 Å². The summed E-state index contributed by atoms with van der Waals surface area (Å²) >= 11 is 0. The third-order valence-electron chi connectivity index (χ3n) is 8.24. The molecular weight excluding hydrogens is 507 g/mol. The second kappa shape index (κ2) is 9.87. The van der Waals surface area contributed by atoms with Crippen LogP contribution in [0.3, 0.4) is 0 Å². The lowest BCUT2D eigenvalue weighted by Crippen LogP contribution is -2.60. The maximum atomic E-state index is 13.8. The van der Waals surface area contributed by atoms with Crippen molar-refractivity contribution in [1.29, 1.82) is 5.26 Å². The fraction of sp³-hybridized carbons (Fsp3) is 0.720. The number of aliphatic hydroxyl groups excluding tert-OH is 1. The van der Waals surface area contributed by atoms with Gasteiger partial charge in [0.1, 0.15) is 18.1 Å². The van der Waals surface area contributed by atoms with Gasteiger partial charge in [0, 0.05) is 36.8 Å². The van der Waals surface area contributed by atoms with Crippen molar-refractivity contribution in [3.05, 3.63) is 12.2 Å². The van der Waals surface area contributed by atoms with Crippen molar-refractivity contribution < 1.29 is 37.5 Å². The normalized spacial score (nSPS) is 33.4. The molecule has 0 radical (unpaired) electrons. The molecule has 3 fully saturated rings. The highest BCUT2D eigenvalue weighted by Gasteiger charge is 2.62. The predicted molar refractivity (Wildman–Crippen MR) is 125 cm³/mol. The van der Waals surface area contributed by atoms with Gasteiger partial charge in [-0.05, 0) is 24.2 Å². The Kier molecular flexibility index (Phi) is 7.24. The second-order valence-electron chi connectivity index (χ2n) is 11.7. The Morgan fingerprint density at radius 2 is 1.87 bits per heavy atom. The number of amides is 4. The van der Waals surface area contributed by atoms with Crippen LogP contribution in [0, 0.1) is 46.3 Å². The van der Waals surface area contributed by atoms with Crippen LogP contribution in [-0.2, 0) is 19.2 Å². The molecule has 4 aliphatic rings. The fourth-order valence-corrected chi connectivity index (χ4v) is 6.40. The average Bonchev–Trinajstić information content (AvgIpc) is 3.56. The molecule has 2 saturated heterocycles. The Balaban J connectivity index is 1.61. The van der Waals surface area contributed by atoms with Crippen molar-refractivity contribution in [2.45, 2.75) is 64.0 Å². The first-order valence-corrected chi connectivity index (χ1v) is 12.7. The van der Waals surface area contributed by atoms with Crippen LogP contribution in [-0.4, -0.2) is 77.1 Å². The van der Waals surface area contributed by atoms with Crippen molar-refractivity contribution in [3.8, 4) is 6.07 Å². The molecule has 2 bridgehead atoms. The summed E-state index contributed by atoms with van der Waals surface area (Å²) in [6.45, 7) is 4.99. The molecular formula is C25H32F3N5O5. The molecule has 13 heteroatoms. The summed E-state index contributed by atoms with van der Waals surface area (Å²) in [7, 11) is 0. The molecule has 4 amide bonds. The van der Waals surface area contributed by atoms with Gasteiger partial charge in [-0.25, -0.2) is 0 Å². The third kappa shape index (κ3) is 4.98. The lowest BCUT2D eigenvalue weighted by molar-refractivity contribution is -0.176. The molecule has 4 N–H and O–H groups in total. The van der Waals surface area contributed by atoms with E-state index in [1.807, 2.05) is 12.1 Å². The van der Waals surface area contributed by atoms with Gasteiger partial charge in [0.05, 0.1) is 12.2 Å². The van der Waals surface area contributed by atoms with Gasteiger partial charge in [-0.3, -0.25) is 19.2 Å². The number of aliphatic hydroxyl groups is 1. The van der Waals surface area contributed by atoms with E-state index in [4.69, 9.17) is 0 Å². The molecule has 208 valence electrons. The molecule has 0 spiro atoms. The molecule has 9 atom stereocenters. The molecule has 0 aromatic carbocycles. The Labute approximate surface area is 218 Å². The molecule has 0 aromatic rings. The van der Waals surface area contributed by atoms with E-state index in [1.54, 1.807) is 11.4 Å². The predicted octanol–water partition coefficient (Wildman–Crippen LogP) is 0.234. The molecule has 0 aromatic heterocycles. The van der Waals surface area contributed by atoms with E-state index in [1.165, 1.54) is 25.7 Å². The largest absolute Gasteiger partial charge is 0.471 e. The van der Waals surface area contributed by atoms with Gasteiger partial charge < -0.3 is 26.0 Å². The Bertz CT molecular complexity index is 1080. The molecule has 1 unspecified atom stereocenters. The molecule has 1 saturated carbocycles. The van der Waals surface area contributed by atoms with Crippen molar-refractivity contribution in [1.82, 2.24) is 20.9 Å². The van der Waals surface area contributed by atoms with Gasteiger partial charge in [0.25, 0.3) is 0 Å². The number of hydrogen-bond acceptors (Lipinski definition) is 6. The lowest BCUT2D eigenvalue weighted by atomic mass is 9.81. The number of carbonyl (C=O) groups excluding carboxylic acids is 4. The molecule has 2 aliphatic heterocycles. The van der Waals surface area contributed by atoms with Crippen LogP contribution in [0.4, 0.5) is 13.2 Å². The zero-order valence-corrected chi connectivity index (χ0v) is 21.3. The van der Waals surface area contributed by atoms with E-state index in [2.05, 4.69) is 10.6 Å². The summed E-state index contributed by atoms with van der Waals surface area (Å²) in [4.78, 5) is 52.3. The molecule has 2 aliphatic carbocycles. The van der Waals surface area contributed by atoms with Gasteiger partial charge in [-0.2, -0.15) is 18.4 Å². The van der Waals surface area contributed by atoms with E-state index in [0.717, 1.165) is 0 Å². The van der Waals surface area contributed by atoms with Crippen LogP contribution in [0.25, 0.3) is 0 Å². The molecule has 2 heterocycles. The summed E-state index contributed by atoms with van der Waals surface area (Å²) in [5.41, 5.74) is -1.13. The Morgan fingerprint density at radius 1 is 1.21 bits per heavy atom. The van der Waals surface area contributed by atoms with E-state index < -0.39 is 71.3 Å². The Hall–Kier alpha value is -3.14. The van der Waals surface area contributed by atoms with Crippen LogP contribution < -0.4 is 16.0 Å². The minimum Gasteiger partial charge on any atom is -0.392 e. The van der Waals surface area contributed by atoms with Gasteiger partial charge in [0.15, 0.2) is 0 Å². The first-order valence-electron chi connectivity index (χ1n) is 12.7. The van der Waals surface area contributed by atoms with Gasteiger partial charge in [-0.15, -0.1) is 0 Å². The van der Waals surface area contributed by atoms with Gasteiger partial charge in [0.2, 0.25) is 17.7 Å². The highest BCUT2D eigenvalue weighted by molar-refractivity contribution is 5.94. The van der Waals surface area contributed by atoms with Crippen LogP contribution >= 0.6 is 0 Å². The standard InChI is InChI=1S/C25H32F3N5O5/c1-24(2,3)19(32-23(38)25(26,27)28)22(37)33-10-15-13-4-5-14(18(13)34)16(15)17(33)21(36)31-12(9-29)8-11-6-7-30-20(11)35/h4-5,11-19,34H,6-8,10H2,1-3H3,(H,30,35)(H,31,36)(H,32,38)/t11-,12-,13-,14+,15+,16-,17-,18?,19+/m0/s1.